The lowest BCUT2D eigenvalue weighted by Gasteiger charge is -2.08. The second kappa shape index (κ2) is 5.01. The molecule has 0 aliphatic carbocycles. The number of methoxy groups -OCH3 is 2. The predicted octanol–water partition coefficient (Wildman–Crippen LogP) is 2.14. The highest BCUT2D eigenvalue weighted by Gasteiger charge is 2.18. The van der Waals surface area contributed by atoms with E-state index in [9.17, 15) is 4.79 Å². The van der Waals surface area contributed by atoms with E-state index in [2.05, 4.69) is 4.98 Å². The maximum absolute atomic E-state index is 11.5. The van der Waals surface area contributed by atoms with Gasteiger partial charge in [-0.25, -0.2) is 0 Å². The maximum Gasteiger partial charge on any atom is 0.293 e. The molecule has 1 aromatic heterocycles. The summed E-state index contributed by atoms with van der Waals surface area (Å²) in [5, 5.41) is 0. The average Bonchev–Trinajstić information content (AvgIpc) is 2.80. The van der Waals surface area contributed by atoms with Crippen molar-refractivity contribution >= 4 is 11.8 Å². The van der Waals surface area contributed by atoms with E-state index < -0.39 is 0 Å². The zero-order valence-corrected chi connectivity index (χ0v) is 10.9. The van der Waals surface area contributed by atoms with Crippen molar-refractivity contribution in [3.05, 3.63) is 24.0 Å². The van der Waals surface area contributed by atoms with E-state index >= 15 is 0 Å². The van der Waals surface area contributed by atoms with Gasteiger partial charge in [-0.1, -0.05) is 0 Å². The first-order valence-corrected chi connectivity index (χ1v) is 5.56. The van der Waals surface area contributed by atoms with Crippen molar-refractivity contribution in [2.75, 3.05) is 20.0 Å². The van der Waals surface area contributed by atoms with Gasteiger partial charge in [0.25, 0.3) is 6.01 Å². The summed E-state index contributed by atoms with van der Waals surface area (Å²) in [7, 11) is 3.08. The molecular formula is C13H14N2O4. The largest absolute Gasteiger partial charge is 0.493 e. The molecule has 0 amide bonds. The molecule has 0 fully saturated rings. The topological polar surface area (TPSA) is 87.6 Å². The molecule has 2 aromatic rings. The molecule has 6 nitrogen and oxygen atoms in total. The van der Waals surface area contributed by atoms with E-state index in [-0.39, 0.29) is 17.6 Å². The standard InChI is InChI=1S/C13H14N2O4/c1-7(16)12-11(15-13(14)19-12)8-4-5-9(17-2)10(6-8)18-3/h4-6H,1-3H3,(H2,14,15). The van der Waals surface area contributed by atoms with Crippen LogP contribution in [0, 0.1) is 0 Å². The highest BCUT2D eigenvalue weighted by atomic mass is 16.5. The Labute approximate surface area is 110 Å². The van der Waals surface area contributed by atoms with Gasteiger partial charge in [-0.15, -0.1) is 0 Å². The molecule has 0 saturated carbocycles. The third-order valence-corrected chi connectivity index (χ3v) is 2.62. The number of nitrogens with two attached hydrogens (primary N) is 1. The summed E-state index contributed by atoms with van der Waals surface area (Å²) in [5.41, 5.74) is 6.56. The molecule has 6 heteroatoms. The van der Waals surface area contributed by atoms with Crippen LogP contribution in [0.3, 0.4) is 0 Å². The summed E-state index contributed by atoms with van der Waals surface area (Å²) in [6.07, 6.45) is 0. The minimum Gasteiger partial charge on any atom is -0.493 e. The number of ketones is 1. The van der Waals surface area contributed by atoms with E-state index in [1.165, 1.54) is 14.0 Å². The number of nitrogens with zero attached hydrogens (tertiary/aromatic N) is 1. The molecule has 2 rings (SSSR count). The Kier molecular flexibility index (Phi) is 3.41. The Balaban J connectivity index is 2.56. The van der Waals surface area contributed by atoms with Crippen molar-refractivity contribution in [1.29, 1.82) is 0 Å². The molecule has 0 bridgehead atoms. The van der Waals surface area contributed by atoms with Crippen molar-refractivity contribution in [1.82, 2.24) is 4.98 Å². The molecule has 0 aliphatic rings. The van der Waals surface area contributed by atoms with Gasteiger partial charge in [0.1, 0.15) is 5.69 Å². The van der Waals surface area contributed by atoms with Crippen molar-refractivity contribution in [2.24, 2.45) is 0 Å². The van der Waals surface area contributed by atoms with Crippen LogP contribution in [0.2, 0.25) is 0 Å². The highest BCUT2D eigenvalue weighted by Crippen LogP contribution is 2.33. The Morgan fingerprint density at radius 3 is 2.53 bits per heavy atom. The van der Waals surface area contributed by atoms with E-state index in [0.29, 0.717) is 22.8 Å². The Hall–Kier alpha value is -2.50. The number of hydrogen-bond acceptors (Lipinski definition) is 6. The molecule has 100 valence electrons. The normalized spacial score (nSPS) is 10.3. The van der Waals surface area contributed by atoms with Gasteiger partial charge in [0.2, 0.25) is 0 Å². The van der Waals surface area contributed by atoms with Gasteiger partial charge in [0.05, 0.1) is 14.2 Å². The van der Waals surface area contributed by atoms with E-state index in [1.807, 2.05) is 0 Å². The fourth-order valence-corrected chi connectivity index (χ4v) is 1.75. The number of rotatable bonds is 4. The molecule has 1 aromatic carbocycles. The summed E-state index contributed by atoms with van der Waals surface area (Å²) in [5.74, 6) is 1.02. The molecule has 0 saturated heterocycles. The zero-order chi connectivity index (χ0) is 14.0. The van der Waals surface area contributed by atoms with Crippen LogP contribution in [0.5, 0.6) is 11.5 Å². The van der Waals surface area contributed by atoms with Crippen LogP contribution >= 0.6 is 0 Å². The van der Waals surface area contributed by atoms with Gasteiger partial charge in [0.15, 0.2) is 23.0 Å². The van der Waals surface area contributed by atoms with Gasteiger partial charge >= 0.3 is 0 Å². The number of anilines is 1. The number of ether oxygens (including phenoxy) is 2. The number of carbonyl (C=O) groups excluding carboxylic acids is 1. The summed E-state index contributed by atoms with van der Waals surface area (Å²) < 4.78 is 15.5. The molecule has 0 spiro atoms. The molecule has 0 atom stereocenters. The van der Waals surface area contributed by atoms with Crippen LogP contribution in [0.25, 0.3) is 11.3 Å². The first-order valence-electron chi connectivity index (χ1n) is 5.56. The monoisotopic (exact) mass is 262 g/mol. The SMILES string of the molecule is COc1ccc(-c2nc(N)oc2C(C)=O)cc1OC. The number of oxazole rings is 1. The molecular weight excluding hydrogens is 248 g/mol. The van der Waals surface area contributed by atoms with Gasteiger partial charge in [-0.3, -0.25) is 4.79 Å². The van der Waals surface area contributed by atoms with Crippen LogP contribution in [-0.4, -0.2) is 25.0 Å². The van der Waals surface area contributed by atoms with Crippen LogP contribution in [0.15, 0.2) is 22.6 Å². The second-order valence-corrected chi connectivity index (χ2v) is 3.86. The zero-order valence-electron chi connectivity index (χ0n) is 10.9. The first-order chi connectivity index (χ1) is 9.06. The molecule has 19 heavy (non-hydrogen) atoms. The predicted molar refractivity (Wildman–Crippen MR) is 69.5 cm³/mol. The lowest BCUT2D eigenvalue weighted by Crippen LogP contribution is -1.95. The third-order valence-electron chi connectivity index (χ3n) is 2.62. The number of hydrogen-bond donors (Lipinski definition) is 1. The molecule has 0 radical (unpaired) electrons. The minimum absolute atomic E-state index is 0.0463. The average molecular weight is 262 g/mol. The fraction of sp³-hybridized carbons (Fsp3) is 0.231. The molecule has 0 unspecified atom stereocenters. The van der Waals surface area contributed by atoms with Crippen molar-refractivity contribution in [2.45, 2.75) is 6.92 Å². The van der Waals surface area contributed by atoms with E-state index in [1.54, 1.807) is 25.3 Å². The number of benzene rings is 1. The van der Waals surface area contributed by atoms with Crippen molar-refractivity contribution < 1.29 is 18.7 Å². The second-order valence-electron chi connectivity index (χ2n) is 3.86. The van der Waals surface area contributed by atoms with Crippen LogP contribution in [-0.2, 0) is 0 Å². The quantitative estimate of drug-likeness (QED) is 0.849. The smallest absolute Gasteiger partial charge is 0.293 e. The minimum atomic E-state index is -0.242. The first kappa shape index (κ1) is 12.9. The van der Waals surface area contributed by atoms with Crippen molar-refractivity contribution in [3.63, 3.8) is 0 Å². The third kappa shape index (κ3) is 2.37. The highest BCUT2D eigenvalue weighted by molar-refractivity contribution is 5.97. The van der Waals surface area contributed by atoms with Crippen molar-refractivity contribution in [3.8, 4) is 22.8 Å². The van der Waals surface area contributed by atoms with Gasteiger partial charge in [0, 0.05) is 12.5 Å². The Morgan fingerprint density at radius 1 is 1.26 bits per heavy atom. The molecule has 1 heterocycles. The molecule has 0 aliphatic heterocycles. The van der Waals surface area contributed by atoms with Crippen LogP contribution in [0.4, 0.5) is 6.01 Å². The van der Waals surface area contributed by atoms with Gasteiger partial charge < -0.3 is 19.6 Å². The van der Waals surface area contributed by atoms with E-state index in [0.717, 1.165) is 0 Å². The maximum atomic E-state index is 11.5. The van der Waals surface area contributed by atoms with Crippen LogP contribution < -0.4 is 15.2 Å². The van der Waals surface area contributed by atoms with Crippen LogP contribution in [0.1, 0.15) is 17.5 Å². The Bertz CT molecular complexity index is 619. The fourth-order valence-electron chi connectivity index (χ4n) is 1.75. The van der Waals surface area contributed by atoms with Gasteiger partial charge in [-0.05, 0) is 18.2 Å². The number of carbonyl (C=O) groups is 1. The lowest BCUT2D eigenvalue weighted by atomic mass is 10.1. The van der Waals surface area contributed by atoms with E-state index in [4.69, 9.17) is 19.6 Å². The number of Topliss-reactive ketones (excluding diaryl/α,β-unsaturated/α-hetero) is 1. The molecule has 2 N–H and O–H groups in total. The summed E-state index contributed by atoms with van der Waals surface area (Å²) >= 11 is 0. The number of nitrogen functional groups attached to an aromatic ring is 1. The summed E-state index contributed by atoms with van der Waals surface area (Å²) in [6.45, 7) is 1.39. The summed E-state index contributed by atoms with van der Waals surface area (Å²) in [6, 6.07) is 5.14. The lowest BCUT2D eigenvalue weighted by molar-refractivity contribution is 0.0989. The number of aromatic nitrogens is 1. The summed E-state index contributed by atoms with van der Waals surface area (Å²) in [4.78, 5) is 15.5. The Morgan fingerprint density at radius 2 is 1.95 bits per heavy atom. The van der Waals surface area contributed by atoms with Gasteiger partial charge in [-0.2, -0.15) is 4.98 Å².